The van der Waals surface area contributed by atoms with Crippen molar-refractivity contribution in [2.75, 3.05) is 5.32 Å². The lowest BCUT2D eigenvalue weighted by Crippen LogP contribution is -1.98. The summed E-state index contributed by atoms with van der Waals surface area (Å²) in [5, 5.41) is 11.9. The zero-order valence-corrected chi connectivity index (χ0v) is 10.2. The summed E-state index contributed by atoms with van der Waals surface area (Å²) in [5.74, 6) is -0.317. The van der Waals surface area contributed by atoms with Gasteiger partial charge in [-0.3, -0.25) is 0 Å². The molecular formula is C11H8BrN3O2. The molecule has 0 bridgehead atoms. The summed E-state index contributed by atoms with van der Waals surface area (Å²) in [6, 6.07) is 6.45. The lowest BCUT2D eigenvalue weighted by atomic mass is 10.2. The van der Waals surface area contributed by atoms with E-state index in [-0.39, 0.29) is 5.56 Å². The molecule has 0 saturated carbocycles. The minimum absolute atomic E-state index is 0.227. The predicted molar refractivity (Wildman–Crippen MR) is 66.4 cm³/mol. The van der Waals surface area contributed by atoms with Crippen molar-refractivity contribution in [1.82, 2.24) is 9.97 Å². The second kappa shape index (κ2) is 4.92. The van der Waals surface area contributed by atoms with Gasteiger partial charge in [0.2, 0.25) is 0 Å². The summed E-state index contributed by atoms with van der Waals surface area (Å²) in [4.78, 5) is 18.6. The van der Waals surface area contributed by atoms with Crippen LogP contribution < -0.4 is 5.32 Å². The Kier molecular flexibility index (Phi) is 3.34. The van der Waals surface area contributed by atoms with Crippen molar-refractivity contribution in [2.45, 2.75) is 0 Å². The Morgan fingerprint density at radius 2 is 2.18 bits per heavy atom. The van der Waals surface area contributed by atoms with Crippen molar-refractivity contribution in [1.29, 1.82) is 0 Å². The van der Waals surface area contributed by atoms with E-state index in [9.17, 15) is 4.79 Å². The van der Waals surface area contributed by atoms with Gasteiger partial charge in [-0.15, -0.1) is 0 Å². The van der Waals surface area contributed by atoms with E-state index in [1.54, 1.807) is 18.3 Å². The molecule has 0 unspecified atom stereocenters. The maximum absolute atomic E-state index is 10.8. The van der Waals surface area contributed by atoms with Gasteiger partial charge in [-0.05, 0) is 40.2 Å². The average Bonchev–Trinajstić information content (AvgIpc) is 2.33. The van der Waals surface area contributed by atoms with Gasteiger partial charge in [0, 0.05) is 10.7 Å². The summed E-state index contributed by atoms with van der Waals surface area (Å²) in [5.41, 5.74) is 0.971. The van der Waals surface area contributed by atoms with Crippen LogP contribution in [0.4, 0.5) is 11.5 Å². The third kappa shape index (κ3) is 2.79. The van der Waals surface area contributed by atoms with Crippen molar-refractivity contribution in [3.63, 3.8) is 0 Å². The highest BCUT2D eigenvalue weighted by molar-refractivity contribution is 9.10. The van der Waals surface area contributed by atoms with Gasteiger partial charge < -0.3 is 10.4 Å². The Balaban J connectivity index is 2.26. The molecule has 1 aromatic heterocycles. The SMILES string of the molecule is O=C(O)c1ccc(Nc2ccncn2)c(Br)c1. The van der Waals surface area contributed by atoms with E-state index < -0.39 is 5.97 Å². The molecule has 0 spiro atoms. The third-order valence-electron chi connectivity index (χ3n) is 2.06. The first-order chi connectivity index (χ1) is 8.16. The minimum Gasteiger partial charge on any atom is -0.478 e. The van der Waals surface area contributed by atoms with Crippen LogP contribution in [0.1, 0.15) is 10.4 Å². The Morgan fingerprint density at radius 3 is 2.76 bits per heavy atom. The van der Waals surface area contributed by atoms with Crippen LogP contribution in [0.2, 0.25) is 0 Å². The molecule has 0 aliphatic carbocycles. The van der Waals surface area contributed by atoms with Crippen LogP contribution in [0.15, 0.2) is 41.3 Å². The lowest BCUT2D eigenvalue weighted by molar-refractivity contribution is 0.0697. The summed E-state index contributed by atoms with van der Waals surface area (Å²) < 4.78 is 0.663. The van der Waals surface area contributed by atoms with Gasteiger partial charge in [-0.1, -0.05) is 0 Å². The molecule has 0 saturated heterocycles. The standard InChI is InChI=1S/C11H8BrN3O2/c12-8-5-7(11(16)17)1-2-9(8)15-10-3-4-13-6-14-10/h1-6H,(H,16,17)(H,13,14,15). The topological polar surface area (TPSA) is 75.1 Å². The van der Waals surface area contributed by atoms with Gasteiger partial charge >= 0.3 is 5.97 Å². The second-order valence-electron chi connectivity index (χ2n) is 3.22. The molecule has 5 nitrogen and oxygen atoms in total. The number of nitrogens with zero attached hydrogens (tertiary/aromatic N) is 2. The fraction of sp³-hybridized carbons (Fsp3) is 0. The van der Waals surface area contributed by atoms with E-state index in [2.05, 4.69) is 31.2 Å². The first-order valence-electron chi connectivity index (χ1n) is 4.72. The van der Waals surface area contributed by atoms with Crippen LogP contribution in [0.25, 0.3) is 0 Å². The Hall–Kier alpha value is -1.95. The smallest absolute Gasteiger partial charge is 0.335 e. The summed E-state index contributed by atoms with van der Waals surface area (Å²) in [7, 11) is 0. The van der Waals surface area contributed by atoms with Gasteiger partial charge in [0.05, 0.1) is 11.3 Å². The van der Waals surface area contributed by atoms with Crippen molar-refractivity contribution < 1.29 is 9.90 Å². The van der Waals surface area contributed by atoms with Gasteiger partial charge in [-0.25, -0.2) is 14.8 Å². The molecule has 0 amide bonds. The molecule has 0 aliphatic rings. The highest BCUT2D eigenvalue weighted by atomic mass is 79.9. The Bertz CT molecular complexity index is 546. The highest BCUT2D eigenvalue weighted by Gasteiger charge is 2.06. The van der Waals surface area contributed by atoms with Crippen molar-refractivity contribution in [3.05, 3.63) is 46.8 Å². The molecule has 17 heavy (non-hydrogen) atoms. The summed E-state index contributed by atoms with van der Waals surface area (Å²) in [6.07, 6.45) is 3.05. The number of aromatic carboxylic acids is 1. The number of benzene rings is 1. The molecule has 0 atom stereocenters. The molecular weight excluding hydrogens is 286 g/mol. The predicted octanol–water partition coefficient (Wildman–Crippen LogP) is 2.68. The normalized spacial score (nSPS) is 9.94. The molecule has 2 N–H and O–H groups in total. The molecule has 6 heteroatoms. The first-order valence-corrected chi connectivity index (χ1v) is 5.52. The lowest BCUT2D eigenvalue weighted by Gasteiger charge is -2.07. The number of carboxylic acids is 1. The van der Waals surface area contributed by atoms with E-state index in [1.807, 2.05) is 0 Å². The molecule has 1 heterocycles. The zero-order valence-electron chi connectivity index (χ0n) is 8.59. The Morgan fingerprint density at radius 1 is 1.35 bits per heavy atom. The van der Waals surface area contributed by atoms with Crippen LogP contribution in [-0.4, -0.2) is 21.0 Å². The van der Waals surface area contributed by atoms with Crippen molar-refractivity contribution in [2.24, 2.45) is 0 Å². The maximum atomic E-state index is 10.8. The molecule has 1 aromatic carbocycles. The van der Waals surface area contributed by atoms with Gasteiger partial charge in [0.1, 0.15) is 12.1 Å². The zero-order chi connectivity index (χ0) is 12.3. The molecule has 0 aliphatic heterocycles. The first kappa shape index (κ1) is 11.5. The van der Waals surface area contributed by atoms with Crippen molar-refractivity contribution in [3.8, 4) is 0 Å². The van der Waals surface area contributed by atoms with E-state index in [4.69, 9.17) is 5.11 Å². The van der Waals surface area contributed by atoms with Crippen LogP contribution in [0.5, 0.6) is 0 Å². The largest absolute Gasteiger partial charge is 0.478 e. The highest BCUT2D eigenvalue weighted by Crippen LogP contribution is 2.26. The van der Waals surface area contributed by atoms with E-state index in [0.717, 1.165) is 5.69 Å². The summed E-state index contributed by atoms with van der Waals surface area (Å²) >= 11 is 3.30. The van der Waals surface area contributed by atoms with Crippen LogP contribution >= 0.6 is 15.9 Å². The number of carboxylic acid groups (broad SMARTS) is 1. The van der Waals surface area contributed by atoms with Gasteiger partial charge in [-0.2, -0.15) is 0 Å². The van der Waals surface area contributed by atoms with Crippen LogP contribution in [-0.2, 0) is 0 Å². The number of halogens is 1. The summed E-state index contributed by atoms with van der Waals surface area (Å²) in [6.45, 7) is 0. The van der Waals surface area contributed by atoms with Gasteiger partial charge in [0.15, 0.2) is 0 Å². The van der Waals surface area contributed by atoms with E-state index in [0.29, 0.717) is 10.3 Å². The number of hydrogen-bond acceptors (Lipinski definition) is 4. The monoisotopic (exact) mass is 293 g/mol. The number of anilines is 2. The molecule has 86 valence electrons. The number of rotatable bonds is 3. The van der Waals surface area contributed by atoms with Crippen molar-refractivity contribution >= 4 is 33.4 Å². The third-order valence-corrected chi connectivity index (χ3v) is 2.72. The van der Waals surface area contributed by atoms with E-state index in [1.165, 1.54) is 18.5 Å². The fourth-order valence-electron chi connectivity index (χ4n) is 1.25. The number of aromatic nitrogens is 2. The number of nitrogens with one attached hydrogen (secondary N) is 1. The molecule has 2 aromatic rings. The van der Waals surface area contributed by atoms with Crippen LogP contribution in [0, 0.1) is 0 Å². The second-order valence-corrected chi connectivity index (χ2v) is 4.07. The van der Waals surface area contributed by atoms with Crippen LogP contribution in [0.3, 0.4) is 0 Å². The molecule has 0 fully saturated rings. The minimum atomic E-state index is -0.959. The average molecular weight is 294 g/mol. The van der Waals surface area contributed by atoms with Gasteiger partial charge in [0.25, 0.3) is 0 Å². The Labute approximate surface area is 106 Å². The maximum Gasteiger partial charge on any atom is 0.335 e. The molecule has 0 radical (unpaired) electrons. The number of hydrogen-bond donors (Lipinski definition) is 2. The van der Waals surface area contributed by atoms with E-state index >= 15 is 0 Å². The quantitative estimate of drug-likeness (QED) is 0.910. The molecule has 2 rings (SSSR count). The fourth-order valence-corrected chi connectivity index (χ4v) is 1.73. The number of carbonyl (C=O) groups is 1.